The van der Waals surface area contributed by atoms with Crippen LogP contribution in [0.2, 0.25) is 0 Å². The second-order valence-electron chi connectivity index (χ2n) is 5.42. The predicted octanol–water partition coefficient (Wildman–Crippen LogP) is 2.86. The van der Waals surface area contributed by atoms with E-state index in [4.69, 9.17) is 9.15 Å². The lowest BCUT2D eigenvalue weighted by atomic mass is 9.83. The van der Waals surface area contributed by atoms with Crippen LogP contribution in [0.25, 0.3) is 0 Å². The van der Waals surface area contributed by atoms with Gasteiger partial charge in [0.05, 0.1) is 12.4 Å². The lowest BCUT2D eigenvalue weighted by Gasteiger charge is -2.36. The van der Waals surface area contributed by atoms with E-state index in [-0.39, 0.29) is 17.6 Å². The van der Waals surface area contributed by atoms with Crippen LogP contribution in [-0.4, -0.2) is 25.8 Å². The minimum absolute atomic E-state index is 0.107. The van der Waals surface area contributed by atoms with E-state index in [9.17, 15) is 0 Å². The summed E-state index contributed by atoms with van der Waals surface area (Å²) in [6.07, 6.45) is 2.74. The summed E-state index contributed by atoms with van der Waals surface area (Å²) < 4.78 is 11.3. The Labute approximate surface area is 105 Å². The molecule has 0 bridgehead atoms. The zero-order chi connectivity index (χ0) is 12.9. The number of hydrogen-bond acceptors (Lipinski definition) is 3. The Kier molecular flexibility index (Phi) is 5.22. The highest BCUT2D eigenvalue weighted by atomic mass is 16.5. The van der Waals surface area contributed by atoms with Gasteiger partial charge in [-0.1, -0.05) is 20.8 Å². The van der Waals surface area contributed by atoms with Crippen molar-refractivity contribution in [1.29, 1.82) is 0 Å². The Morgan fingerprint density at radius 1 is 1.41 bits per heavy atom. The highest BCUT2D eigenvalue weighted by Crippen LogP contribution is 2.26. The van der Waals surface area contributed by atoms with Crippen molar-refractivity contribution in [1.82, 2.24) is 5.32 Å². The molecule has 2 atom stereocenters. The van der Waals surface area contributed by atoms with Crippen LogP contribution in [0.4, 0.5) is 0 Å². The van der Waals surface area contributed by atoms with E-state index in [0.29, 0.717) is 0 Å². The Bertz CT molecular complexity index is 301. The van der Waals surface area contributed by atoms with Gasteiger partial charge in [-0.2, -0.15) is 0 Å². The van der Waals surface area contributed by atoms with E-state index in [1.54, 1.807) is 6.26 Å². The Balaban J connectivity index is 2.74. The van der Waals surface area contributed by atoms with E-state index < -0.39 is 0 Å². The third-order valence-electron chi connectivity index (χ3n) is 2.94. The zero-order valence-corrected chi connectivity index (χ0v) is 11.6. The van der Waals surface area contributed by atoms with E-state index in [1.165, 1.54) is 0 Å². The summed E-state index contributed by atoms with van der Waals surface area (Å²) in [6, 6.07) is 4.20. The van der Waals surface area contributed by atoms with Crippen molar-refractivity contribution < 1.29 is 9.15 Å². The van der Waals surface area contributed by atoms with Gasteiger partial charge >= 0.3 is 0 Å². The lowest BCUT2D eigenvalue weighted by molar-refractivity contribution is -0.0349. The van der Waals surface area contributed by atoms with Gasteiger partial charge in [0.15, 0.2) is 0 Å². The van der Waals surface area contributed by atoms with Gasteiger partial charge in [-0.3, -0.25) is 0 Å². The third-order valence-corrected chi connectivity index (χ3v) is 2.94. The molecule has 0 saturated heterocycles. The maximum Gasteiger partial charge on any atom is 0.105 e. The molecule has 3 heteroatoms. The van der Waals surface area contributed by atoms with Crippen molar-refractivity contribution in [2.75, 3.05) is 13.7 Å². The van der Waals surface area contributed by atoms with Crippen molar-refractivity contribution in [2.24, 2.45) is 5.41 Å². The molecule has 0 fully saturated rings. The standard InChI is InChI=1S/C14H25NO2/c1-6-16-13(14(2,3)4)12(15-5)10-11-8-7-9-17-11/h7-9,12-13,15H,6,10H2,1-5H3. The largest absolute Gasteiger partial charge is 0.469 e. The topological polar surface area (TPSA) is 34.4 Å². The second kappa shape index (κ2) is 6.22. The first-order valence-electron chi connectivity index (χ1n) is 6.30. The van der Waals surface area contributed by atoms with Crippen LogP contribution in [0.15, 0.2) is 22.8 Å². The first-order chi connectivity index (χ1) is 7.99. The molecule has 3 nitrogen and oxygen atoms in total. The number of nitrogens with one attached hydrogen (secondary N) is 1. The summed E-state index contributed by atoms with van der Waals surface area (Å²) in [4.78, 5) is 0. The van der Waals surface area contributed by atoms with Gasteiger partial charge in [-0.15, -0.1) is 0 Å². The molecule has 0 amide bonds. The minimum Gasteiger partial charge on any atom is -0.469 e. The maximum atomic E-state index is 5.90. The Hall–Kier alpha value is -0.800. The molecule has 1 rings (SSSR count). The number of ether oxygens (including phenoxy) is 1. The second-order valence-corrected chi connectivity index (χ2v) is 5.42. The van der Waals surface area contributed by atoms with Crippen molar-refractivity contribution in [3.05, 3.63) is 24.2 Å². The molecule has 2 unspecified atom stereocenters. The summed E-state index contributed by atoms with van der Waals surface area (Å²) in [5.41, 5.74) is 0.107. The van der Waals surface area contributed by atoms with Crippen molar-refractivity contribution in [3.8, 4) is 0 Å². The van der Waals surface area contributed by atoms with Crippen LogP contribution in [-0.2, 0) is 11.2 Å². The molecule has 0 radical (unpaired) electrons. The summed E-state index contributed by atoms with van der Waals surface area (Å²) in [7, 11) is 1.98. The van der Waals surface area contributed by atoms with Crippen molar-refractivity contribution in [2.45, 2.75) is 46.3 Å². The van der Waals surface area contributed by atoms with Crippen molar-refractivity contribution >= 4 is 0 Å². The van der Waals surface area contributed by atoms with Crippen LogP contribution in [0.1, 0.15) is 33.5 Å². The smallest absolute Gasteiger partial charge is 0.105 e. The zero-order valence-electron chi connectivity index (χ0n) is 11.6. The van der Waals surface area contributed by atoms with Crippen LogP contribution < -0.4 is 5.32 Å². The van der Waals surface area contributed by atoms with Crippen LogP contribution >= 0.6 is 0 Å². The van der Waals surface area contributed by atoms with Gasteiger partial charge in [0.25, 0.3) is 0 Å². The number of furan rings is 1. The predicted molar refractivity (Wildman–Crippen MR) is 70.1 cm³/mol. The summed E-state index contributed by atoms with van der Waals surface area (Å²) in [5.74, 6) is 0.998. The molecule has 0 spiro atoms. The monoisotopic (exact) mass is 239 g/mol. The molecule has 1 aromatic heterocycles. The quantitative estimate of drug-likeness (QED) is 0.829. The molecule has 17 heavy (non-hydrogen) atoms. The molecule has 0 saturated carbocycles. The SMILES string of the molecule is CCOC(C(Cc1ccco1)NC)C(C)(C)C. The van der Waals surface area contributed by atoms with Gasteiger partial charge < -0.3 is 14.5 Å². The molecule has 98 valence electrons. The fourth-order valence-corrected chi connectivity index (χ4v) is 2.16. The Morgan fingerprint density at radius 2 is 2.12 bits per heavy atom. The average molecular weight is 239 g/mol. The molecule has 0 aromatic carbocycles. The normalized spacial score (nSPS) is 15.8. The highest BCUT2D eigenvalue weighted by molar-refractivity contribution is 5.02. The number of hydrogen-bond donors (Lipinski definition) is 1. The highest BCUT2D eigenvalue weighted by Gasteiger charge is 2.32. The average Bonchev–Trinajstić information content (AvgIpc) is 2.74. The molecule has 1 heterocycles. The molecule has 1 aromatic rings. The van der Waals surface area contributed by atoms with E-state index in [1.807, 2.05) is 26.1 Å². The first-order valence-corrected chi connectivity index (χ1v) is 6.30. The van der Waals surface area contributed by atoms with E-state index in [0.717, 1.165) is 18.8 Å². The van der Waals surface area contributed by atoms with Gasteiger partial charge in [0.2, 0.25) is 0 Å². The van der Waals surface area contributed by atoms with Gasteiger partial charge in [0.1, 0.15) is 5.76 Å². The van der Waals surface area contributed by atoms with Gasteiger partial charge in [-0.25, -0.2) is 0 Å². The van der Waals surface area contributed by atoms with Gasteiger partial charge in [-0.05, 0) is 31.5 Å². The minimum atomic E-state index is 0.107. The molecule has 1 N–H and O–H groups in total. The fraction of sp³-hybridized carbons (Fsp3) is 0.714. The molecular weight excluding hydrogens is 214 g/mol. The third kappa shape index (κ3) is 4.17. The lowest BCUT2D eigenvalue weighted by Crippen LogP contribution is -2.48. The molecule has 0 aliphatic heterocycles. The van der Waals surface area contributed by atoms with Gasteiger partial charge in [0, 0.05) is 19.1 Å². The van der Waals surface area contributed by atoms with E-state index >= 15 is 0 Å². The fourth-order valence-electron chi connectivity index (χ4n) is 2.16. The Morgan fingerprint density at radius 3 is 2.53 bits per heavy atom. The molecule has 0 aliphatic rings. The van der Waals surface area contributed by atoms with Crippen LogP contribution in [0, 0.1) is 5.41 Å². The summed E-state index contributed by atoms with van der Waals surface area (Å²) >= 11 is 0. The number of likely N-dealkylation sites (N-methyl/N-ethyl adjacent to an activating group) is 1. The van der Waals surface area contributed by atoms with Crippen molar-refractivity contribution in [3.63, 3.8) is 0 Å². The first kappa shape index (κ1) is 14.3. The molecule has 0 aliphatic carbocycles. The van der Waals surface area contributed by atoms with E-state index in [2.05, 4.69) is 26.1 Å². The number of rotatable bonds is 6. The maximum absolute atomic E-state index is 5.90. The summed E-state index contributed by atoms with van der Waals surface area (Å²) in [6.45, 7) is 9.40. The molecular formula is C14H25NO2. The van der Waals surface area contributed by atoms with Crippen LogP contribution in [0.3, 0.4) is 0 Å². The summed E-state index contributed by atoms with van der Waals surface area (Å²) in [5, 5.41) is 3.35. The van der Waals surface area contributed by atoms with Crippen LogP contribution in [0.5, 0.6) is 0 Å².